The lowest BCUT2D eigenvalue weighted by Crippen LogP contribution is -2.35. The molecule has 0 atom stereocenters. The van der Waals surface area contributed by atoms with E-state index in [9.17, 15) is 18.4 Å². The van der Waals surface area contributed by atoms with Crippen LogP contribution in [0.1, 0.15) is 20.8 Å². The largest absolute Gasteiger partial charge is 0.459 e. The van der Waals surface area contributed by atoms with Crippen LogP contribution in [-0.4, -0.2) is 29.8 Å². The number of thioether (sulfide) groups is 1. The Morgan fingerprint density at radius 2 is 1.95 bits per heavy atom. The molecule has 1 amide bonds. The third kappa shape index (κ3) is 7.08. The second kappa shape index (κ2) is 7.40. The maximum absolute atomic E-state index is 13.3. The van der Waals surface area contributed by atoms with Crippen LogP contribution in [0.2, 0.25) is 0 Å². The fourth-order valence-corrected chi connectivity index (χ4v) is 2.08. The number of rotatable bonds is 5. The first-order chi connectivity index (χ1) is 9.67. The van der Waals surface area contributed by atoms with Crippen LogP contribution in [-0.2, 0) is 14.3 Å². The molecule has 0 aliphatic carbocycles. The van der Waals surface area contributed by atoms with E-state index in [4.69, 9.17) is 4.74 Å². The summed E-state index contributed by atoms with van der Waals surface area (Å²) in [5, 5.41) is 2.38. The molecule has 21 heavy (non-hydrogen) atoms. The molecular weight excluding hydrogens is 300 g/mol. The molecule has 7 heteroatoms. The van der Waals surface area contributed by atoms with Gasteiger partial charge in [-0.3, -0.25) is 9.59 Å². The van der Waals surface area contributed by atoms with E-state index in [1.54, 1.807) is 20.8 Å². The van der Waals surface area contributed by atoms with E-state index in [-0.39, 0.29) is 17.2 Å². The lowest BCUT2D eigenvalue weighted by Gasteiger charge is -2.19. The molecule has 0 saturated heterocycles. The Morgan fingerprint density at radius 1 is 1.29 bits per heavy atom. The molecule has 0 heterocycles. The second-order valence-electron chi connectivity index (χ2n) is 5.23. The zero-order valence-electron chi connectivity index (χ0n) is 12.0. The highest BCUT2D eigenvalue weighted by atomic mass is 32.2. The molecule has 1 N–H and O–H groups in total. The topological polar surface area (TPSA) is 55.4 Å². The minimum Gasteiger partial charge on any atom is -0.459 e. The predicted molar refractivity (Wildman–Crippen MR) is 75.9 cm³/mol. The number of halogens is 2. The number of amides is 1. The zero-order valence-corrected chi connectivity index (χ0v) is 12.9. The fraction of sp³-hybridized carbons (Fsp3) is 0.429. The Balaban J connectivity index is 2.36. The van der Waals surface area contributed by atoms with Crippen molar-refractivity contribution >= 4 is 23.6 Å². The van der Waals surface area contributed by atoms with Crippen molar-refractivity contribution in [3.05, 3.63) is 29.8 Å². The molecule has 0 radical (unpaired) electrons. The summed E-state index contributed by atoms with van der Waals surface area (Å²) in [7, 11) is 0. The molecule has 4 nitrogen and oxygen atoms in total. The number of ether oxygens (including phenoxy) is 1. The maximum atomic E-state index is 13.3. The average molecular weight is 317 g/mol. The molecule has 1 rings (SSSR count). The number of benzene rings is 1. The standard InChI is InChI=1S/C14H17F2NO3S/c1-14(2,3)20-13(19)7-17-12(18)8-21-11-5-4-9(15)6-10(11)16/h4-6H,7-8H2,1-3H3,(H,17,18). The number of hydrogen-bond donors (Lipinski definition) is 1. The molecule has 0 aliphatic rings. The van der Waals surface area contributed by atoms with Gasteiger partial charge in [0.25, 0.3) is 0 Å². The van der Waals surface area contributed by atoms with Gasteiger partial charge in [-0.1, -0.05) is 0 Å². The van der Waals surface area contributed by atoms with Gasteiger partial charge in [-0.05, 0) is 32.9 Å². The van der Waals surface area contributed by atoms with Gasteiger partial charge in [-0.15, -0.1) is 11.8 Å². The van der Waals surface area contributed by atoms with Crippen molar-refractivity contribution in [3.8, 4) is 0 Å². The summed E-state index contributed by atoms with van der Waals surface area (Å²) in [6.45, 7) is 4.92. The van der Waals surface area contributed by atoms with E-state index < -0.39 is 29.1 Å². The van der Waals surface area contributed by atoms with Crippen molar-refractivity contribution in [2.45, 2.75) is 31.3 Å². The van der Waals surface area contributed by atoms with E-state index in [0.29, 0.717) is 0 Å². The van der Waals surface area contributed by atoms with Crippen molar-refractivity contribution in [1.82, 2.24) is 5.32 Å². The Labute approximate surface area is 126 Å². The summed E-state index contributed by atoms with van der Waals surface area (Å²) in [6.07, 6.45) is 0. The molecular formula is C14H17F2NO3S. The minimum absolute atomic E-state index is 0.0780. The van der Waals surface area contributed by atoms with Gasteiger partial charge in [-0.25, -0.2) is 8.78 Å². The van der Waals surface area contributed by atoms with Crippen LogP contribution < -0.4 is 5.32 Å². The van der Waals surface area contributed by atoms with Crippen molar-refractivity contribution in [2.75, 3.05) is 12.3 Å². The van der Waals surface area contributed by atoms with Crippen molar-refractivity contribution in [2.24, 2.45) is 0 Å². The minimum atomic E-state index is -0.722. The smallest absolute Gasteiger partial charge is 0.325 e. The van der Waals surface area contributed by atoms with Crippen LogP contribution in [0.3, 0.4) is 0 Å². The summed E-state index contributed by atoms with van der Waals surface area (Å²) in [5.41, 5.74) is -0.617. The number of esters is 1. The fourth-order valence-electron chi connectivity index (χ4n) is 1.33. The number of carbonyl (C=O) groups excluding carboxylic acids is 2. The van der Waals surface area contributed by atoms with Crippen molar-refractivity contribution in [1.29, 1.82) is 0 Å². The molecule has 0 saturated carbocycles. The molecule has 116 valence electrons. The lowest BCUT2D eigenvalue weighted by atomic mass is 10.2. The Bertz CT molecular complexity index is 529. The normalized spacial score (nSPS) is 11.1. The SMILES string of the molecule is CC(C)(C)OC(=O)CNC(=O)CSc1ccc(F)cc1F. The van der Waals surface area contributed by atoms with Gasteiger partial charge < -0.3 is 10.1 Å². The summed E-state index contributed by atoms with van der Waals surface area (Å²) in [6, 6.07) is 3.13. The predicted octanol–water partition coefficient (Wildman–Crippen LogP) is 2.51. The third-order valence-corrected chi connectivity index (χ3v) is 3.15. The zero-order chi connectivity index (χ0) is 16.0. The molecule has 0 spiro atoms. The van der Waals surface area contributed by atoms with Gasteiger partial charge in [0.1, 0.15) is 23.8 Å². The first kappa shape index (κ1) is 17.4. The van der Waals surface area contributed by atoms with Crippen LogP contribution in [0.25, 0.3) is 0 Å². The van der Waals surface area contributed by atoms with Gasteiger partial charge in [0.15, 0.2) is 0 Å². The molecule has 1 aromatic rings. The molecule has 0 unspecified atom stereocenters. The molecule has 0 fully saturated rings. The third-order valence-electron chi connectivity index (χ3n) is 2.10. The average Bonchev–Trinajstić information content (AvgIpc) is 2.33. The Kier molecular flexibility index (Phi) is 6.14. The summed E-state index contributed by atoms with van der Waals surface area (Å²) >= 11 is 0.923. The quantitative estimate of drug-likeness (QED) is 0.670. The van der Waals surface area contributed by atoms with Crippen LogP contribution in [0.4, 0.5) is 8.78 Å². The van der Waals surface area contributed by atoms with Crippen LogP contribution in [0.15, 0.2) is 23.1 Å². The van der Waals surface area contributed by atoms with E-state index in [0.717, 1.165) is 23.9 Å². The van der Waals surface area contributed by atoms with Gasteiger partial charge in [-0.2, -0.15) is 0 Å². The first-order valence-corrected chi connectivity index (χ1v) is 7.22. The Morgan fingerprint density at radius 3 is 2.52 bits per heavy atom. The highest BCUT2D eigenvalue weighted by Crippen LogP contribution is 2.21. The van der Waals surface area contributed by atoms with Crippen LogP contribution >= 0.6 is 11.8 Å². The van der Waals surface area contributed by atoms with Gasteiger partial charge >= 0.3 is 5.97 Å². The summed E-state index contributed by atoms with van der Waals surface area (Å²) in [4.78, 5) is 23.1. The van der Waals surface area contributed by atoms with Crippen molar-refractivity contribution < 1.29 is 23.1 Å². The monoisotopic (exact) mass is 317 g/mol. The van der Waals surface area contributed by atoms with Gasteiger partial charge in [0.05, 0.1) is 5.75 Å². The van der Waals surface area contributed by atoms with Gasteiger partial charge in [0, 0.05) is 11.0 Å². The van der Waals surface area contributed by atoms with E-state index in [1.165, 1.54) is 6.07 Å². The van der Waals surface area contributed by atoms with E-state index in [2.05, 4.69) is 5.32 Å². The molecule has 1 aromatic carbocycles. The van der Waals surface area contributed by atoms with E-state index in [1.807, 2.05) is 0 Å². The molecule has 0 aliphatic heterocycles. The van der Waals surface area contributed by atoms with Crippen molar-refractivity contribution in [3.63, 3.8) is 0 Å². The molecule has 0 aromatic heterocycles. The van der Waals surface area contributed by atoms with Crippen LogP contribution in [0.5, 0.6) is 0 Å². The van der Waals surface area contributed by atoms with Crippen LogP contribution in [0, 0.1) is 11.6 Å². The number of carbonyl (C=O) groups is 2. The highest BCUT2D eigenvalue weighted by Gasteiger charge is 2.16. The number of hydrogen-bond acceptors (Lipinski definition) is 4. The maximum Gasteiger partial charge on any atom is 0.325 e. The highest BCUT2D eigenvalue weighted by molar-refractivity contribution is 8.00. The van der Waals surface area contributed by atoms with Gasteiger partial charge in [0.2, 0.25) is 5.91 Å². The first-order valence-electron chi connectivity index (χ1n) is 6.24. The van der Waals surface area contributed by atoms with E-state index >= 15 is 0 Å². The second-order valence-corrected chi connectivity index (χ2v) is 6.24. The molecule has 0 bridgehead atoms. The Hall–Kier alpha value is -1.63. The lowest BCUT2D eigenvalue weighted by molar-refractivity contribution is -0.154. The number of nitrogens with one attached hydrogen (secondary N) is 1. The summed E-state index contributed by atoms with van der Waals surface area (Å²) < 4.78 is 31.1. The summed E-state index contributed by atoms with van der Waals surface area (Å²) in [5.74, 6) is -2.46.